The van der Waals surface area contributed by atoms with Crippen molar-refractivity contribution in [2.24, 2.45) is 5.92 Å². The van der Waals surface area contributed by atoms with Crippen molar-refractivity contribution >= 4 is 16.8 Å². The zero-order valence-corrected chi connectivity index (χ0v) is 15.8. The number of nitrogens with one attached hydrogen (secondary N) is 1. The molecule has 0 radical (unpaired) electrons. The summed E-state index contributed by atoms with van der Waals surface area (Å²) in [5.41, 5.74) is 1.89. The number of amides is 1. The summed E-state index contributed by atoms with van der Waals surface area (Å²) < 4.78 is 10.9. The standard InChI is InChI=1S/C22H22N2O4/c1-13(2)10-19(25)24-20(15-6-8-17-18(11-15)28-12-27-17)16-7-5-14-4-3-9-23-21(14)22(16)26/h3-9,11,13,20,26H,10,12H2,1-2H3,(H,24,25). The molecule has 3 aromatic rings. The molecule has 4 rings (SSSR count). The maximum Gasteiger partial charge on any atom is 0.231 e. The first kappa shape index (κ1) is 18.1. The van der Waals surface area contributed by atoms with E-state index in [-0.39, 0.29) is 24.4 Å². The average Bonchev–Trinajstić information content (AvgIpc) is 3.14. The Hall–Kier alpha value is -3.28. The third-order valence-corrected chi connectivity index (χ3v) is 4.72. The van der Waals surface area contributed by atoms with Crippen LogP contribution in [0.3, 0.4) is 0 Å². The van der Waals surface area contributed by atoms with Crippen LogP contribution < -0.4 is 14.8 Å². The van der Waals surface area contributed by atoms with E-state index < -0.39 is 6.04 Å². The molecule has 0 fully saturated rings. The van der Waals surface area contributed by atoms with Gasteiger partial charge in [0.1, 0.15) is 11.3 Å². The van der Waals surface area contributed by atoms with E-state index in [4.69, 9.17) is 9.47 Å². The number of hydrogen-bond acceptors (Lipinski definition) is 5. The van der Waals surface area contributed by atoms with E-state index in [0.29, 0.717) is 29.0 Å². The van der Waals surface area contributed by atoms with Crippen molar-refractivity contribution < 1.29 is 19.4 Å². The zero-order valence-electron chi connectivity index (χ0n) is 15.8. The third-order valence-electron chi connectivity index (χ3n) is 4.72. The fourth-order valence-corrected chi connectivity index (χ4v) is 3.40. The molecule has 1 aliphatic rings. The summed E-state index contributed by atoms with van der Waals surface area (Å²) in [6, 6.07) is 12.4. The molecular formula is C22H22N2O4. The number of phenols is 1. The Morgan fingerprint density at radius 2 is 2.00 bits per heavy atom. The molecule has 2 aromatic carbocycles. The number of aromatic nitrogens is 1. The Labute approximate surface area is 163 Å². The molecule has 0 spiro atoms. The molecule has 0 saturated carbocycles. The van der Waals surface area contributed by atoms with Crippen LogP contribution in [0.5, 0.6) is 17.2 Å². The number of pyridine rings is 1. The van der Waals surface area contributed by atoms with Gasteiger partial charge in [-0.3, -0.25) is 9.78 Å². The highest BCUT2D eigenvalue weighted by atomic mass is 16.7. The minimum absolute atomic E-state index is 0.0608. The highest BCUT2D eigenvalue weighted by molar-refractivity contribution is 5.86. The quantitative estimate of drug-likeness (QED) is 0.703. The van der Waals surface area contributed by atoms with Gasteiger partial charge in [0.2, 0.25) is 12.7 Å². The SMILES string of the molecule is CC(C)CC(=O)NC(c1ccc2c(c1)OCO2)c1ccc2cccnc2c1O. The number of carbonyl (C=O) groups is 1. The van der Waals surface area contributed by atoms with E-state index in [0.717, 1.165) is 10.9 Å². The molecule has 144 valence electrons. The van der Waals surface area contributed by atoms with Crippen LogP contribution in [0.25, 0.3) is 10.9 Å². The van der Waals surface area contributed by atoms with E-state index in [1.807, 2.05) is 56.3 Å². The lowest BCUT2D eigenvalue weighted by Crippen LogP contribution is -2.30. The van der Waals surface area contributed by atoms with Gasteiger partial charge >= 0.3 is 0 Å². The van der Waals surface area contributed by atoms with Crippen LogP contribution in [0, 0.1) is 5.92 Å². The van der Waals surface area contributed by atoms with Crippen LogP contribution in [-0.4, -0.2) is 22.8 Å². The van der Waals surface area contributed by atoms with Crippen molar-refractivity contribution in [1.82, 2.24) is 10.3 Å². The smallest absolute Gasteiger partial charge is 0.231 e. The van der Waals surface area contributed by atoms with Crippen LogP contribution in [-0.2, 0) is 4.79 Å². The molecule has 1 unspecified atom stereocenters. The average molecular weight is 378 g/mol. The Morgan fingerprint density at radius 1 is 1.18 bits per heavy atom. The Kier molecular flexibility index (Phi) is 4.77. The minimum Gasteiger partial charge on any atom is -0.505 e. The number of rotatable bonds is 5. The Balaban J connectivity index is 1.79. The van der Waals surface area contributed by atoms with Gasteiger partial charge in [0, 0.05) is 23.6 Å². The molecule has 1 aromatic heterocycles. The van der Waals surface area contributed by atoms with Gasteiger partial charge in [-0.15, -0.1) is 0 Å². The second-order valence-corrected chi connectivity index (χ2v) is 7.29. The number of aromatic hydroxyl groups is 1. The summed E-state index contributed by atoms with van der Waals surface area (Å²) in [6.45, 7) is 4.16. The molecule has 0 aliphatic carbocycles. The van der Waals surface area contributed by atoms with Crippen molar-refractivity contribution in [2.75, 3.05) is 6.79 Å². The summed E-state index contributed by atoms with van der Waals surface area (Å²) in [6.07, 6.45) is 2.03. The van der Waals surface area contributed by atoms with Gasteiger partial charge in [-0.2, -0.15) is 0 Å². The first-order valence-corrected chi connectivity index (χ1v) is 9.28. The second-order valence-electron chi connectivity index (χ2n) is 7.29. The van der Waals surface area contributed by atoms with Crippen LogP contribution in [0.15, 0.2) is 48.7 Å². The predicted octanol–water partition coefficient (Wildman–Crippen LogP) is 3.92. The summed E-state index contributed by atoms with van der Waals surface area (Å²) in [4.78, 5) is 16.9. The molecule has 6 heteroatoms. The van der Waals surface area contributed by atoms with Crippen molar-refractivity contribution in [3.05, 3.63) is 59.8 Å². The highest BCUT2D eigenvalue weighted by Crippen LogP contribution is 2.39. The summed E-state index contributed by atoms with van der Waals surface area (Å²) in [5, 5.41) is 14.8. The number of ether oxygens (including phenoxy) is 2. The lowest BCUT2D eigenvalue weighted by Gasteiger charge is -2.22. The Morgan fingerprint density at radius 3 is 2.82 bits per heavy atom. The second kappa shape index (κ2) is 7.38. The van der Waals surface area contributed by atoms with Gasteiger partial charge in [-0.05, 0) is 29.7 Å². The summed E-state index contributed by atoms with van der Waals surface area (Å²) in [7, 11) is 0. The number of hydrogen-bond donors (Lipinski definition) is 2. The molecule has 1 aliphatic heterocycles. The number of fused-ring (bicyclic) bond motifs is 2. The Bertz CT molecular complexity index is 1030. The van der Waals surface area contributed by atoms with Gasteiger partial charge in [-0.1, -0.05) is 38.1 Å². The summed E-state index contributed by atoms with van der Waals surface area (Å²) in [5.74, 6) is 1.49. The zero-order chi connectivity index (χ0) is 19.7. The van der Waals surface area contributed by atoms with Gasteiger partial charge in [0.05, 0.1) is 6.04 Å². The van der Waals surface area contributed by atoms with Crippen molar-refractivity contribution in [3.63, 3.8) is 0 Å². The summed E-state index contributed by atoms with van der Waals surface area (Å²) >= 11 is 0. The van der Waals surface area contributed by atoms with E-state index in [1.165, 1.54) is 0 Å². The van der Waals surface area contributed by atoms with E-state index in [1.54, 1.807) is 6.20 Å². The van der Waals surface area contributed by atoms with E-state index >= 15 is 0 Å². The van der Waals surface area contributed by atoms with Gasteiger partial charge in [-0.25, -0.2) is 0 Å². The fraction of sp³-hybridized carbons (Fsp3) is 0.273. The van der Waals surface area contributed by atoms with Gasteiger partial charge < -0.3 is 19.9 Å². The largest absolute Gasteiger partial charge is 0.505 e. The van der Waals surface area contributed by atoms with Crippen LogP contribution in [0.4, 0.5) is 0 Å². The number of benzene rings is 2. The molecule has 6 nitrogen and oxygen atoms in total. The third kappa shape index (κ3) is 3.45. The topological polar surface area (TPSA) is 80.7 Å². The maximum absolute atomic E-state index is 12.6. The molecule has 2 heterocycles. The molecule has 2 N–H and O–H groups in total. The minimum atomic E-state index is -0.535. The lowest BCUT2D eigenvalue weighted by molar-refractivity contribution is -0.122. The van der Waals surface area contributed by atoms with E-state index in [2.05, 4.69) is 10.3 Å². The molecule has 1 amide bonds. The lowest BCUT2D eigenvalue weighted by atomic mass is 9.95. The highest BCUT2D eigenvalue weighted by Gasteiger charge is 2.24. The molecule has 0 bridgehead atoms. The van der Waals surface area contributed by atoms with Crippen molar-refractivity contribution in [2.45, 2.75) is 26.3 Å². The normalized spacial score (nSPS) is 13.7. The fourth-order valence-electron chi connectivity index (χ4n) is 3.40. The van der Waals surface area contributed by atoms with Crippen LogP contribution in [0.1, 0.15) is 37.4 Å². The van der Waals surface area contributed by atoms with Crippen LogP contribution in [0.2, 0.25) is 0 Å². The molecule has 0 saturated heterocycles. The van der Waals surface area contributed by atoms with Gasteiger partial charge in [0.25, 0.3) is 0 Å². The van der Waals surface area contributed by atoms with Crippen LogP contribution >= 0.6 is 0 Å². The number of nitrogens with zero attached hydrogens (tertiary/aromatic N) is 1. The molecular weight excluding hydrogens is 356 g/mol. The molecule has 28 heavy (non-hydrogen) atoms. The van der Waals surface area contributed by atoms with Gasteiger partial charge in [0.15, 0.2) is 11.5 Å². The van der Waals surface area contributed by atoms with Crippen molar-refractivity contribution in [3.8, 4) is 17.2 Å². The predicted molar refractivity (Wildman–Crippen MR) is 105 cm³/mol. The molecule has 1 atom stereocenters. The van der Waals surface area contributed by atoms with Crippen molar-refractivity contribution in [1.29, 1.82) is 0 Å². The maximum atomic E-state index is 12.6. The first-order chi connectivity index (χ1) is 13.5. The monoisotopic (exact) mass is 378 g/mol. The number of phenolic OH excluding ortho intramolecular Hbond substituents is 1. The number of carbonyl (C=O) groups excluding carboxylic acids is 1. The first-order valence-electron chi connectivity index (χ1n) is 9.28. The van der Waals surface area contributed by atoms with E-state index in [9.17, 15) is 9.90 Å².